The molecule has 2 aromatic rings. The van der Waals surface area contributed by atoms with E-state index in [0.717, 1.165) is 9.80 Å². The van der Waals surface area contributed by atoms with Gasteiger partial charge in [0.15, 0.2) is 6.61 Å². The molecule has 0 spiro atoms. The maximum atomic E-state index is 12.7. The quantitative estimate of drug-likeness (QED) is 0.456. The highest BCUT2D eigenvalue weighted by atomic mass is 32.2. The molecule has 3 amide bonds. The third-order valence-corrected chi connectivity index (χ3v) is 5.72. The Labute approximate surface area is 186 Å². The average Bonchev–Trinajstić information content (AvgIpc) is 3.00. The van der Waals surface area contributed by atoms with Crippen molar-refractivity contribution >= 4 is 58.3 Å². The molecule has 10 heteroatoms. The van der Waals surface area contributed by atoms with E-state index in [1.165, 1.54) is 17.8 Å². The molecule has 1 aliphatic rings. The summed E-state index contributed by atoms with van der Waals surface area (Å²) in [6.07, 6.45) is 3.36. The van der Waals surface area contributed by atoms with Crippen molar-refractivity contribution in [2.45, 2.75) is 4.90 Å². The fraction of sp³-hybridized carbons (Fsp3) is 0.143. The van der Waals surface area contributed by atoms with Gasteiger partial charge in [0.2, 0.25) is 5.91 Å². The van der Waals surface area contributed by atoms with Crippen molar-refractivity contribution in [1.29, 1.82) is 0 Å². The van der Waals surface area contributed by atoms with Gasteiger partial charge in [0.25, 0.3) is 11.1 Å². The Bertz CT molecular complexity index is 1070. The van der Waals surface area contributed by atoms with Crippen molar-refractivity contribution in [3.63, 3.8) is 0 Å². The number of carbonyl (C=O) groups excluding carboxylic acids is 3. The predicted molar refractivity (Wildman–Crippen MR) is 119 cm³/mol. The molecule has 160 valence electrons. The van der Waals surface area contributed by atoms with Gasteiger partial charge in [-0.25, -0.2) is 4.79 Å². The molecule has 0 bridgehead atoms. The fourth-order valence-electron chi connectivity index (χ4n) is 2.69. The fourth-order valence-corrected chi connectivity index (χ4v) is 3.98. The summed E-state index contributed by atoms with van der Waals surface area (Å²) in [4.78, 5) is 50.1. The van der Waals surface area contributed by atoms with Gasteiger partial charge < -0.3 is 15.2 Å². The third kappa shape index (κ3) is 5.89. The molecule has 2 aromatic carbocycles. The van der Waals surface area contributed by atoms with E-state index in [0.29, 0.717) is 23.0 Å². The zero-order valence-corrected chi connectivity index (χ0v) is 18.0. The van der Waals surface area contributed by atoms with Gasteiger partial charge in [-0.2, -0.15) is 0 Å². The van der Waals surface area contributed by atoms with Gasteiger partial charge in [-0.1, -0.05) is 24.3 Å². The number of carbonyl (C=O) groups is 4. The molecule has 0 aliphatic carbocycles. The van der Waals surface area contributed by atoms with Gasteiger partial charge in [-0.15, -0.1) is 11.8 Å². The number of hydrogen-bond donors (Lipinski definition) is 2. The minimum Gasteiger partial charge on any atom is -0.481 e. The first-order chi connectivity index (χ1) is 14.9. The van der Waals surface area contributed by atoms with Crippen molar-refractivity contribution in [1.82, 2.24) is 4.90 Å². The second-order valence-corrected chi connectivity index (χ2v) is 8.14. The lowest BCUT2D eigenvalue weighted by molar-refractivity contribution is -0.139. The normalized spacial score (nSPS) is 14.7. The molecule has 1 aliphatic heterocycles. The third-order valence-electron chi connectivity index (χ3n) is 4.09. The molecule has 1 heterocycles. The number of aliphatic carboxylic acids is 1. The van der Waals surface area contributed by atoms with Crippen LogP contribution < -0.4 is 10.1 Å². The number of nitrogens with one attached hydrogen (secondary N) is 1. The number of carboxylic acids is 1. The molecule has 0 aromatic heterocycles. The van der Waals surface area contributed by atoms with Crippen LogP contribution in [0.15, 0.2) is 58.3 Å². The number of ether oxygens (including phenoxy) is 1. The van der Waals surface area contributed by atoms with Crippen molar-refractivity contribution < 1.29 is 29.0 Å². The minimum atomic E-state index is -1.13. The van der Waals surface area contributed by atoms with E-state index in [1.807, 2.05) is 12.3 Å². The second-order valence-electron chi connectivity index (χ2n) is 6.27. The Hall–Kier alpha value is -3.24. The smallest absolute Gasteiger partial charge is 0.341 e. The molecular weight excluding hydrogens is 440 g/mol. The SMILES string of the molecule is CSc1cccc(NC(=O)CN2C(=O)S/C(=C/c3ccccc3OCC(=O)O)C2=O)c1. The second kappa shape index (κ2) is 10.2. The lowest BCUT2D eigenvalue weighted by Gasteiger charge is -2.13. The molecular formula is C21H18N2O6S2. The maximum Gasteiger partial charge on any atom is 0.341 e. The molecule has 0 unspecified atom stereocenters. The number of hydrogen-bond acceptors (Lipinski definition) is 7. The van der Waals surface area contributed by atoms with E-state index < -0.39 is 36.2 Å². The number of thioether (sulfide) groups is 2. The summed E-state index contributed by atoms with van der Waals surface area (Å²) in [5.41, 5.74) is 1.02. The number of carboxylic acid groups (broad SMARTS) is 1. The summed E-state index contributed by atoms with van der Waals surface area (Å²) in [5.74, 6) is -1.96. The number of amides is 3. The Kier molecular flexibility index (Phi) is 7.37. The highest BCUT2D eigenvalue weighted by Crippen LogP contribution is 2.34. The van der Waals surface area contributed by atoms with Crippen LogP contribution in [0.1, 0.15) is 5.56 Å². The summed E-state index contributed by atoms with van der Waals surface area (Å²) >= 11 is 2.23. The Morgan fingerprint density at radius 1 is 1.19 bits per heavy atom. The number of nitrogens with zero attached hydrogens (tertiary/aromatic N) is 1. The van der Waals surface area contributed by atoms with Gasteiger partial charge in [0.05, 0.1) is 4.91 Å². The first-order valence-electron chi connectivity index (χ1n) is 9.00. The predicted octanol–water partition coefficient (Wildman–Crippen LogP) is 3.55. The summed E-state index contributed by atoms with van der Waals surface area (Å²) < 4.78 is 5.22. The van der Waals surface area contributed by atoms with Gasteiger partial charge in [0.1, 0.15) is 12.3 Å². The van der Waals surface area contributed by atoms with Crippen LogP contribution in [0.4, 0.5) is 10.5 Å². The Balaban J connectivity index is 1.71. The largest absolute Gasteiger partial charge is 0.481 e. The van der Waals surface area contributed by atoms with Gasteiger partial charge in [-0.05, 0) is 48.4 Å². The number of imide groups is 1. The van der Waals surface area contributed by atoms with E-state index in [9.17, 15) is 19.2 Å². The number of para-hydroxylation sites is 1. The molecule has 0 atom stereocenters. The molecule has 0 saturated carbocycles. The molecule has 8 nitrogen and oxygen atoms in total. The van der Waals surface area contributed by atoms with Crippen LogP contribution in [0, 0.1) is 0 Å². The number of rotatable bonds is 8. The van der Waals surface area contributed by atoms with Crippen LogP contribution in [-0.4, -0.2) is 52.4 Å². The van der Waals surface area contributed by atoms with Gasteiger partial charge in [-0.3, -0.25) is 19.3 Å². The lowest BCUT2D eigenvalue weighted by atomic mass is 10.2. The Morgan fingerprint density at radius 3 is 2.71 bits per heavy atom. The van der Waals surface area contributed by atoms with Crippen LogP contribution in [0.3, 0.4) is 0 Å². The first kappa shape index (κ1) is 22.4. The zero-order chi connectivity index (χ0) is 22.4. The van der Waals surface area contributed by atoms with E-state index >= 15 is 0 Å². The highest BCUT2D eigenvalue weighted by Gasteiger charge is 2.36. The minimum absolute atomic E-state index is 0.119. The number of benzene rings is 2. The monoisotopic (exact) mass is 458 g/mol. The highest BCUT2D eigenvalue weighted by molar-refractivity contribution is 8.18. The molecule has 31 heavy (non-hydrogen) atoms. The van der Waals surface area contributed by atoms with Gasteiger partial charge >= 0.3 is 5.97 Å². The van der Waals surface area contributed by atoms with E-state index in [-0.39, 0.29) is 10.7 Å². The van der Waals surface area contributed by atoms with Crippen molar-refractivity contribution in [2.24, 2.45) is 0 Å². The summed E-state index contributed by atoms with van der Waals surface area (Å²) in [5, 5.41) is 10.9. The molecule has 1 saturated heterocycles. The van der Waals surface area contributed by atoms with Crippen LogP contribution in [0.2, 0.25) is 0 Å². The Morgan fingerprint density at radius 2 is 1.97 bits per heavy atom. The van der Waals surface area contributed by atoms with Crippen LogP contribution in [-0.2, 0) is 14.4 Å². The standard InChI is InChI=1S/C21H18N2O6S2/c1-30-15-7-4-6-14(10-15)22-18(24)11-23-20(27)17(31-21(23)28)9-13-5-2-3-8-16(13)29-12-19(25)26/h2-10H,11-12H2,1H3,(H,22,24)(H,25,26)/b17-9+. The lowest BCUT2D eigenvalue weighted by Crippen LogP contribution is -2.36. The molecule has 0 radical (unpaired) electrons. The first-order valence-corrected chi connectivity index (χ1v) is 11.0. The average molecular weight is 459 g/mol. The van der Waals surface area contributed by atoms with Crippen molar-refractivity contribution in [3.05, 3.63) is 59.0 Å². The molecule has 2 N–H and O–H groups in total. The number of anilines is 1. The van der Waals surface area contributed by atoms with Crippen molar-refractivity contribution in [3.8, 4) is 5.75 Å². The summed E-state index contributed by atoms with van der Waals surface area (Å²) in [6, 6.07) is 13.8. The summed E-state index contributed by atoms with van der Waals surface area (Å²) in [7, 11) is 0. The zero-order valence-electron chi connectivity index (χ0n) is 16.4. The van der Waals surface area contributed by atoms with E-state index in [4.69, 9.17) is 9.84 Å². The topological polar surface area (TPSA) is 113 Å². The van der Waals surface area contributed by atoms with Crippen LogP contribution in [0.25, 0.3) is 6.08 Å². The molecule has 3 rings (SSSR count). The van der Waals surface area contributed by atoms with E-state index in [1.54, 1.807) is 42.5 Å². The summed E-state index contributed by atoms with van der Waals surface area (Å²) in [6.45, 7) is -0.951. The maximum absolute atomic E-state index is 12.7. The molecule has 1 fully saturated rings. The van der Waals surface area contributed by atoms with E-state index in [2.05, 4.69) is 5.32 Å². The van der Waals surface area contributed by atoms with Gasteiger partial charge in [0, 0.05) is 16.1 Å². The van der Waals surface area contributed by atoms with Crippen LogP contribution in [0.5, 0.6) is 5.75 Å². The van der Waals surface area contributed by atoms with Crippen molar-refractivity contribution in [2.75, 3.05) is 24.7 Å². The van der Waals surface area contributed by atoms with Crippen LogP contribution >= 0.6 is 23.5 Å².